The number of fused-ring (bicyclic) bond motifs is 4. The van der Waals surface area contributed by atoms with Crippen LogP contribution in [0.1, 0.15) is 89.9 Å². The van der Waals surface area contributed by atoms with Crippen molar-refractivity contribution in [1.82, 2.24) is 0 Å². The van der Waals surface area contributed by atoms with Gasteiger partial charge in [0.25, 0.3) is 0 Å². The third-order valence-electron chi connectivity index (χ3n) is 11.9. The molecule has 4 fully saturated rings. The SMILES string of the molecule is C1CCC2C(C1)CCC2CCC1CCC2CCCCC21.Oc1ccc2ccccc2c1-c1c(O)ccc2ccccc12.[Zr+2]. The minimum Gasteiger partial charge on any atom is -0.507 e. The number of phenolic OH excluding ortho intramolecular Hbond substituents is 2. The Bertz CT molecular complexity index is 1410. The molecule has 0 aromatic heterocycles. The molecule has 0 heterocycles. The largest absolute Gasteiger partial charge is 2.00 e. The maximum absolute atomic E-state index is 10.4. The molecule has 4 aliphatic rings. The van der Waals surface area contributed by atoms with Crippen LogP contribution in [0.2, 0.25) is 0 Å². The number of rotatable bonds is 4. The van der Waals surface area contributed by atoms with Crippen molar-refractivity contribution in [2.24, 2.45) is 35.5 Å². The smallest absolute Gasteiger partial charge is 0.507 e. The molecule has 6 unspecified atom stereocenters. The van der Waals surface area contributed by atoms with E-state index in [4.69, 9.17) is 0 Å². The Morgan fingerprint density at radius 3 is 1.35 bits per heavy atom. The molecule has 0 saturated heterocycles. The second-order valence-corrected chi connectivity index (χ2v) is 14.0. The zero-order valence-corrected chi connectivity index (χ0v) is 28.1. The fourth-order valence-electron chi connectivity index (χ4n) is 9.91. The molecule has 0 bridgehead atoms. The van der Waals surface area contributed by atoms with Crippen molar-refractivity contribution < 1.29 is 36.4 Å². The topological polar surface area (TPSA) is 40.5 Å². The summed E-state index contributed by atoms with van der Waals surface area (Å²) in [5.74, 6) is 7.25. The standard InChI is InChI=1S/C20H14O2.C20H34.Zr/c21-17-11-9-13-5-1-3-7-15(13)19(17)20-16-8-4-2-6-14(16)10-12-18(20)22;1-3-7-19-15(5-1)9-11-17(19)13-14-18-12-10-16-6-2-4-8-20(16)18;/h1-12,21-22H;15-20H,1-14H2;/q;;+2. The summed E-state index contributed by atoms with van der Waals surface area (Å²) < 4.78 is 0. The normalized spacial score (nSPS) is 28.0. The van der Waals surface area contributed by atoms with Crippen LogP contribution in [0, 0.1) is 35.5 Å². The van der Waals surface area contributed by atoms with E-state index in [0.29, 0.717) is 11.1 Å². The first-order valence-corrected chi connectivity index (χ1v) is 17.1. The van der Waals surface area contributed by atoms with Gasteiger partial charge in [-0.3, -0.25) is 0 Å². The summed E-state index contributed by atoms with van der Waals surface area (Å²) in [6.45, 7) is 0. The van der Waals surface area contributed by atoms with Crippen molar-refractivity contribution in [3.63, 3.8) is 0 Å². The average molecular weight is 652 g/mol. The Balaban J connectivity index is 0.000000150. The maximum atomic E-state index is 10.4. The molecule has 3 heteroatoms. The summed E-state index contributed by atoms with van der Waals surface area (Å²) in [5.41, 5.74) is 1.35. The van der Waals surface area contributed by atoms with Gasteiger partial charge in [-0.15, -0.1) is 0 Å². The van der Waals surface area contributed by atoms with Crippen LogP contribution >= 0.6 is 0 Å². The van der Waals surface area contributed by atoms with Crippen LogP contribution in [0.25, 0.3) is 32.7 Å². The fourth-order valence-corrected chi connectivity index (χ4v) is 9.91. The molecule has 43 heavy (non-hydrogen) atoms. The van der Waals surface area contributed by atoms with Gasteiger partial charge in [-0.05, 0) is 121 Å². The predicted molar refractivity (Wildman–Crippen MR) is 176 cm³/mol. The molecule has 0 radical (unpaired) electrons. The molecule has 0 amide bonds. The quantitative estimate of drug-likeness (QED) is 0.230. The summed E-state index contributed by atoms with van der Waals surface area (Å²) in [7, 11) is 0. The van der Waals surface area contributed by atoms with Gasteiger partial charge in [-0.1, -0.05) is 99.2 Å². The van der Waals surface area contributed by atoms with Crippen LogP contribution < -0.4 is 0 Å². The number of hydrogen-bond donors (Lipinski definition) is 2. The van der Waals surface area contributed by atoms with Gasteiger partial charge in [0.05, 0.1) is 0 Å². The molecule has 0 aliphatic heterocycles. The molecule has 0 spiro atoms. The van der Waals surface area contributed by atoms with Gasteiger partial charge >= 0.3 is 26.2 Å². The van der Waals surface area contributed by atoms with E-state index in [-0.39, 0.29) is 37.7 Å². The van der Waals surface area contributed by atoms with E-state index >= 15 is 0 Å². The summed E-state index contributed by atoms with van der Waals surface area (Å²) in [4.78, 5) is 0. The van der Waals surface area contributed by atoms with Crippen molar-refractivity contribution >= 4 is 21.5 Å². The molecule has 2 nitrogen and oxygen atoms in total. The monoisotopic (exact) mass is 650 g/mol. The minimum atomic E-state index is 0. The Morgan fingerprint density at radius 1 is 0.465 bits per heavy atom. The zero-order chi connectivity index (χ0) is 28.5. The van der Waals surface area contributed by atoms with Crippen LogP contribution in [0.4, 0.5) is 0 Å². The average Bonchev–Trinajstić information content (AvgIpc) is 3.65. The second kappa shape index (κ2) is 13.9. The summed E-state index contributed by atoms with van der Waals surface area (Å²) in [5, 5.41) is 24.8. The third kappa shape index (κ3) is 6.36. The Kier molecular flexibility index (Phi) is 9.98. The molecule has 4 aliphatic carbocycles. The van der Waals surface area contributed by atoms with E-state index < -0.39 is 0 Å². The number of benzene rings is 4. The van der Waals surface area contributed by atoms with Crippen LogP contribution in [0.15, 0.2) is 72.8 Å². The van der Waals surface area contributed by atoms with Crippen molar-refractivity contribution in [2.75, 3.05) is 0 Å². The van der Waals surface area contributed by atoms with Crippen molar-refractivity contribution in [3.8, 4) is 22.6 Å². The zero-order valence-electron chi connectivity index (χ0n) is 25.7. The van der Waals surface area contributed by atoms with Crippen LogP contribution in [0.5, 0.6) is 11.5 Å². The molecule has 4 saturated carbocycles. The first-order valence-electron chi connectivity index (χ1n) is 17.1. The minimum absolute atomic E-state index is 0. The summed E-state index contributed by atoms with van der Waals surface area (Å²) in [6.07, 6.45) is 22.1. The van der Waals surface area contributed by atoms with Crippen molar-refractivity contribution in [2.45, 2.75) is 89.9 Å². The van der Waals surface area contributed by atoms with Crippen LogP contribution in [0.3, 0.4) is 0 Å². The van der Waals surface area contributed by atoms with Crippen LogP contribution in [-0.2, 0) is 26.2 Å². The molecule has 8 rings (SSSR count). The first kappa shape index (κ1) is 30.9. The van der Waals surface area contributed by atoms with Gasteiger partial charge in [0.2, 0.25) is 0 Å². The van der Waals surface area contributed by atoms with E-state index in [1.807, 2.05) is 60.7 Å². The van der Waals surface area contributed by atoms with Gasteiger partial charge in [0.1, 0.15) is 11.5 Å². The molecule has 6 atom stereocenters. The Labute approximate surface area is 277 Å². The number of hydrogen-bond acceptors (Lipinski definition) is 2. The Hall–Kier alpha value is -2.12. The van der Waals surface area contributed by atoms with E-state index in [2.05, 4.69) is 0 Å². The van der Waals surface area contributed by atoms with Gasteiger partial charge in [-0.25, -0.2) is 0 Å². The van der Waals surface area contributed by atoms with Crippen LogP contribution in [-0.4, -0.2) is 10.2 Å². The predicted octanol–water partition coefficient (Wildman–Crippen LogP) is 11.3. The van der Waals surface area contributed by atoms with E-state index in [1.54, 1.807) is 102 Å². The first-order chi connectivity index (χ1) is 20.7. The second-order valence-electron chi connectivity index (χ2n) is 14.0. The summed E-state index contributed by atoms with van der Waals surface area (Å²) in [6, 6.07) is 22.9. The molecule has 222 valence electrons. The van der Waals surface area contributed by atoms with E-state index in [0.717, 1.165) is 57.1 Å². The Morgan fingerprint density at radius 2 is 0.884 bits per heavy atom. The van der Waals surface area contributed by atoms with Gasteiger partial charge in [0, 0.05) is 11.1 Å². The molecule has 4 aromatic rings. The maximum Gasteiger partial charge on any atom is 2.00 e. The van der Waals surface area contributed by atoms with Gasteiger partial charge in [0.15, 0.2) is 0 Å². The van der Waals surface area contributed by atoms with Crippen molar-refractivity contribution in [1.29, 1.82) is 0 Å². The number of aromatic hydroxyl groups is 2. The van der Waals surface area contributed by atoms with E-state index in [9.17, 15) is 10.2 Å². The molecule has 4 aromatic carbocycles. The van der Waals surface area contributed by atoms with E-state index in [1.165, 1.54) is 0 Å². The molecule has 2 N–H and O–H groups in total. The van der Waals surface area contributed by atoms with Gasteiger partial charge in [-0.2, -0.15) is 0 Å². The number of phenols is 2. The van der Waals surface area contributed by atoms with Gasteiger partial charge < -0.3 is 10.2 Å². The fraction of sp³-hybridized carbons (Fsp3) is 0.500. The summed E-state index contributed by atoms with van der Waals surface area (Å²) >= 11 is 0. The van der Waals surface area contributed by atoms with Crippen molar-refractivity contribution in [3.05, 3.63) is 72.8 Å². The molecular weight excluding hydrogens is 604 g/mol. The molecular formula is C40H48O2Zr+2. The third-order valence-corrected chi connectivity index (χ3v) is 11.9.